The van der Waals surface area contributed by atoms with Crippen LogP contribution in [0.3, 0.4) is 0 Å². The van der Waals surface area contributed by atoms with E-state index in [2.05, 4.69) is 10.4 Å². The maximum Gasteiger partial charge on any atom is 0.182 e. The lowest BCUT2D eigenvalue weighted by molar-refractivity contribution is 0.588. The van der Waals surface area contributed by atoms with Crippen LogP contribution < -0.4 is 11.1 Å². The van der Waals surface area contributed by atoms with Crippen molar-refractivity contribution in [3.05, 3.63) is 0 Å². The molecule has 10 heteroatoms. The molecule has 0 fully saturated rings. The van der Waals surface area contributed by atoms with Crippen molar-refractivity contribution in [1.82, 2.24) is 9.78 Å². The summed E-state index contributed by atoms with van der Waals surface area (Å²) in [6.07, 6.45) is 2.12. The van der Waals surface area contributed by atoms with Gasteiger partial charge in [-0.05, 0) is 6.92 Å². The predicted molar refractivity (Wildman–Crippen MR) is 73.6 cm³/mol. The first kappa shape index (κ1) is 15.8. The van der Waals surface area contributed by atoms with Crippen LogP contribution in [0.4, 0.5) is 11.6 Å². The highest BCUT2D eigenvalue weighted by Crippen LogP contribution is 2.26. The molecule has 1 aromatic heterocycles. The monoisotopic (exact) mass is 310 g/mol. The van der Waals surface area contributed by atoms with Crippen LogP contribution in [0, 0.1) is 0 Å². The van der Waals surface area contributed by atoms with Gasteiger partial charge in [0.1, 0.15) is 15.7 Å². The van der Waals surface area contributed by atoms with E-state index in [0.29, 0.717) is 6.54 Å². The second kappa shape index (κ2) is 5.37. The largest absolute Gasteiger partial charge is 0.383 e. The number of nitrogens with zero attached hydrogens (tertiary/aromatic N) is 2. The number of aromatic nitrogens is 2. The summed E-state index contributed by atoms with van der Waals surface area (Å²) in [4.78, 5) is -0.0946. The maximum atomic E-state index is 11.7. The minimum atomic E-state index is -3.54. The zero-order valence-corrected chi connectivity index (χ0v) is 12.7. The summed E-state index contributed by atoms with van der Waals surface area (Å²) in [5.41, 5.74) is 5.74. The smallest absolute Gasteiger partial charge is 0.182 e. The Labute approximate surface area is 112 Å². The van der Waals surface area contributed by atoms with E-state index < -0.39 is 19.7 Å². The molecular formula is C9H18N4O4S2. The van der Waals surface area contributed by atoms with Crippen molar-refractivity contribution in [3.8, 4) is 0 Å². The van der Waals surface area contributed by atoms with E-state index in [1.54, 1.807) is 6.92 Å². The van der Waals surface area contributed by atoms with Crippen molar-refractivity contribution in [2.24, 2.45) is 0 Å². The molecule has 8 nitrogen and oxygen atoms in total. The summed E-state index contributed by atoms with van der Waals surface area (Å²) in [6, 6.07) is 0. The van der Waals surface area contributed by atoms with Gasteiger partial charge in [-0.1, -0.05) is 0 Å². The van der Waals surface area contributed by atoms with Gasteiger partial charge in [0.05, 0.1) is 12.3 Å². The van der Waals surface area contributed by atoms with Gasteiger partial charge in [0, 0.05) is 19.1 Å². The fourth-order valence-electron chi connectivity index (χ4n) is 1.53. The van der Waals surface area contributed by atoms with E-state index in [1.807, 2.05) is 0 Å². The van der Waals surface area contributed by atoms with Gasteiger partial charge in [-0.3, -0.25) is 0 Å². The Morgan fingerprint density at radius 3 is 2.26 bits per heavy atom. The highest BCUT2D eigenvalue weighted by Gasteiger charge is 2.24. The number of nitrogens with one attached hydrogen (secondary N) is 1. The molecule has 0 unspecified atom stereocenters. The fraction of sp³-hybridized carbons (Fsp3) is 0.667. The molecule has 0 aliphatic carbocycles. The molecule has 1 heterocycles. The van der Waals surface area contributed by atoms with Gasteiger partial charge in [0.2, 0.25) is 0 Å². The van der Waals surface area contributed by atoms with Gasteiger partial charge < -0.3 is 11.1 Å². The van der Waals surface area contributed by atoms with E-state index in [1.165, 1.54) is 4.68 Å². The Bertz CT molecular complexity index is 661. The molecule has 19 heavy (non-hydrogen) atoms. The SMILES string of the molecule is CCNc1nn(CCS(C)(=O)=O)c(N)c1S(C)(=O)=O. The van der Waals surface area contributed by atoms with E-state index >= 15 is 0 Å². The van der Waals surface area contributed by atoms with Gasteiger partial charge in [-0.15, -0.1) is 0 Å². The zero-order valence-electron chi connectivity index (χ0n) is 11.0. The van der Waals surface area contributed by atoms with Crippen LogP contribution in [-0.2, 0) is 26.2 Å². The molecule has 0 saturated heterocycles. The second-order valence-electron chi connectivity index (χ2n) is 4.22. The Kier molecular flexibility index (Phi) is 4.46. The average molecular weight is 310 g/mol. The average Bonchev–Trinajstić information content (AvgIpc) is 2.51. The van der Waals surface area contributed by atoms with E-state index in [4.69, 9.17) is 5.73 Å². The molecular weight excluding hydrogens is 292 g/mol. The third-order valence-corrected chi connectivity index (χ3v) is 4.40. The zero-order chi connectivity index (χ0) is 14.8. The number of aryl methyl sites for hydroxylation is 1. The van der Waals surface area contributed by atoms with Crippen LogP contribution in [0.5, 0.6) is 0 Å². The lowest BCUT2D eigenvalue weighted by atomic mass is 10.5. The summed E-state index contributed by atoms with van der Waals surface area (Å²) >= 11 is 0. The lowest BCUT2D eigenvalue weighted by Gasteiger charge is -2.03. The molecule has 0 atom stereocenters. The number of sulfone groups is 2. The number of anilines is 2. The van der Waals surface area contributed by atoms with Crippen molar-refractivity contribution in [1.29, 1.82) is 0 Å². The van der Waals surface area contributed by atoms with E-state index in [-0.39, 0.29) is 28.8 Å². The first-order chi connectivity index (χ1) is 8.56. The van der Waals surface area contributed by atoms with Crippen molar-refractivity contribution in [3.63, 3.8) is 0 Å². The van der Waals surface area contributed by atoms with Gasteiger partial charge in [0.25, 0.3) is 0 Å². The number of nitrogen functional groups attached to an aromatic ring is 1. The molecule has 0 spiro atoms. The highest BCUT2D eigenvalue weighted by atomic mass is 32.2. The Hall–Kier alpha value is -1.29. The molecule has 0 saturated carbocycles. The first-order valence-corrected chi connectivity index (χ1v) is 9.49. The van der Waals surface area contributed by atoms with Crippen molar-refractivity contribution >= 4 is 31.3 Å². The minimum Gasteiger partial charge on any atom is -0.383 e. The van der Waals surface area contributed by atoms with E-state index in [9.17, 15) is 16.8 Å². The van der Waals surface area contributed by atoms with Crippen LogP contribution in [0.1, 0.15) is 6.92 Å². The number of nitrogens with two attached hydrogens (primary N) is 1. The van der Waals surface area contributed by atoms with Crippen LogP contribution in [0.25, 0.3) is 0 Å². The van der Waals surface area contributed by atoms with Crippen molar-refractivity contribution < 1.29 is 16.8 Å². The van der Waals surface area contributed by atoms with Gasteiger partial charge in [0.15, 0.2) is 20.6 Å². The van der Waals surface area contributed by atoms with Crippen LogP contribution in [-0.4, -0.2) is 51.4 Å². The third-order valence-electron chi connectivity index (χ3n) is 2.34. The van der Waals surface area contributed by atoms with Crippen molar-refractivity contribution in [2.75, 3.05) is 35.9 Å². The van der Waals surface area contributed by atoms with Gasteiger partial charge in [-0.25, -0.2) is 21.5 Å². The Morgan fingerprint density at radius 1 is 1.26 bits per heavy atom. The molecule has 0 bridgehead atoms. The molecule has 0 aromatic carbocycles. The lowest BCUT2D eigenvalue weighted by Crippen LogP contribution is -2.14. The quantitative estimate of drug-likeness (QED) is 0.715. The molecule has 0 aliphatic rings. The number of hydrogen-bond donors (Lipinski definition) is 2. The fourth-order valence-corrected chi connectivity index (χ4v) is 2.98. The Balaban J connectivity index is 3.22. The summed E-state index contributed by atoms with van der Waals surface area (Å²) in [7, 11) is -6.72. The van der Waals surface area contributed by atoms with Gasteiger partial charge >= 0.3 is 0 Å². The summed E-state index contributed by atoms with van der Waals surface area (Å²) in [5.74, 6) is -0.0636. The van der Waals surface area contributed by atoms with E-state index in [0.717, 1.165) is 12.5 Å². The maximum absolute atomic E-state index is 11.7. The third kappa shape index (κ3) is 4.10. The molecule has 0 aliphatic heterocycles. The number of rotatable bonds is 6. The molecule has 0 amide bonds. The van der Waals surface area contributed by atoms with Crippen molar-refractivity contribution in [2.45, 2.75) is 18.4 Å². The standard InChI is InChI=1S/C9H18N4O4S2/c1-4-11-9-7(19(3,16)17)8(10)13(12-9)5-6-18(2,14)15/h4-6,10H2,1-3H3,(H,11,12). The van der Waals surface area contributed by atoms with Gasteiger partial charge in [-0.2, -0.15) is 5.10 Å². The minimum absolute atomic E-state index is 0.0125. The highest BCUT2D eigenvalue weighted by molar-refractivity contribution is 7.91. The van der Waals surface area contributed by atoms with Crippen LogP contribution >= 0.6 is 0 Å². The molecule has 110 valence electrons. The van der Waals surface area contributed by atoms with Crippen LogP contribution in [0.2, 0.25) is 0 Å². The number of hydrogen-bond acceptors (Lipinski definition) is 7. The Morgan fingerprint density at radius 2 is 1.84 bits per heavy atom. The second-order valence-corrected chi connectivity index (χ2v) is 8.43. The molecule has 3 N–H and O–H groups in total. The summed E-state index contributed by atoms with van der Waals surface area (Å²) in [5, 5.41) is 6.81. The summed E-state index contributed by atoms with van der Waals surface area (Å²) in [6.45, 7) is 2.28. The topological polar surface area (TPSA) is 124 Å². The molecule has 0 radical (unpaired) electrons. The van der Waals surface area contributed by atoms with Crippen LogP contribution in [0.15, 0.2) is 4.90 Å². The summed E-state index contributed by atoms with van der Waals surface area (Å²) < 4.78 is 46.8. The normalized spacial score (nSPS) is 12.6. The molecule has 1 rings (SSSR count). The first-order valence-electron chi connectivity index (χ1n) is 5.54. The predicted octanol–water partition coefficient (Wildman–Crippen LogP) is -0.655. The molecule has 1 aromatic rings.